The largest absolute Gasteiger partial charge is 0.313 e. The topological polar surface area (TPSA) is 12.0 Å². The zero-order valence-corrected chi connectivity index (χ0v) is 11.1. The molecule has 0 radical (unpaired) electrons. The van der Waals surface area contributed by atoms with Crippen LogP contribution in [0.15, 0.2) is 18.2 Å². The van der Waals surface area contributed by atoms with Crippen LogP contribution >= 0.6 is 0 Å². The minimum atomic E-state index is -0.430. The first-order valence-corrected chi connectivity index (χ1v) is 6.70. The predicted octanol–water partition coefficient (Wildman–Crippen LogP) is 3.68. The molecule has 1 unspecified atom stereocenters. The van der Waals surface area contributed by atoms with Crippen LogP contribution in [-0.4, -0.2) is 12.6 Å². The summed E-state index contributed by atoms with van der Waals surface area (Å²) in [4.78, 5) is 0. The first-order chi connectivity index (χ1) is 8.54. The quantitative estimate of drug-likeness (QED) is 0.815. The maximum Gasteiger partial charge on any atom is 0.129 e. The van der Waals surface area contributed by atoms with Gasteiger partial charge in [-0.3, -0.25) is 0 Å². The molecule has 1 aromatic rings. The molecular weight excluding hydrogens is 232 g/mol. The highest BCUT2D eigenvalue weighted by Gasteiger charge is 2.29. The molecule has 1 fully saturated rings. The summed E-state index contributed by atoms with van der Waals surface area (Å²) in [6.45, 7) is 4.99. The van der Waals surface area contributed by atoms with E-state index in [4.69, 9.17) is 0 Å². The van der Waals surface area contributed by atoms with Crippen LogP contribution in [-0.2, 0) is 6.42 Å². The van der Waals surface area contributed by atoms with Gasteiger partial charge in [0.25, 0.3) is 0 Å². The van der Waals surface area contributed by atoms with E-state index in [1.54, 1.807) is 0 Å². The number of benzene rings is 1. The van der Waals surface area contributed by atoms with Crippen LogP contribution in [0, 0.1) is 17.0 Å². The lowest BCUT2D eigenvalue weighted by atomic mass is 9.80. The van der Waals surface area contributed by atoms with E-state index in [9.17, 15) is 8.78 Å². The van der Waals surface area contributed by atoms with Gasteiger partial charge in [0.2, 0.25) is 0 Å². The van der Waals surface area contributed by atoms with Gasteiger partial charge in [0.1, 0.15) is 11.6 Å². The third kappa shape index (κ3) is 3.29. The van der Waals surface area contributed by atoms with Gasteiger partial charge in [0.05, 0.1) is 0 Å². The first kappa shape index (κ1) is 13.5. The van der Waals surface area contributed by atoms with Crippen molar-refractivity contribution in [1.29, 1.82) is 0 Å². The Bertz CT molecular complexity index is 395. The van der Waals surface area contributed by atoms with Gasteiger partial charge in [-0.2, -0.15) is 0 Å². The molecule has 0 saturated heterocycles. The summed E-state index contributed by atoms with van der Waals surface area (Å²) in [6, 6.07) is 4.72. The van der Waals surface area contributed by atoms with Crippen LogP contribution in [0.4, 0.5) is 8.78 Å². The van der Waals surface area contributed by atoms with Crippen LogP contribution in [0.3, 0.4) is 0 Å². The van der Waals surface area contributed by atoms with Crippen molar-refractivity contribution >= 4 is 0 Å². The van der Waals surface area contributed by atoms with E-state index in [0.717, 1.165) is 13.0 Å². The van der Waals surface area contributed by atoms with E-state index in [1.807, 2.05) is 0 Å². The molecule has 0 spiro atoms. The number of hydrogen-bond acceptors (Lipinski definition) is 1. The molecule has 1 aliphatic carbocycles. The van der Waals surface area contributed by atoms with E-state index in [1.165, 1.54) is 31.0 Å². The second kappa shape index (κ2) is 5.35. The molecule has 0 aromatic heterocycles. The van der Waals surface area contributed by atoms with Crippen molar-refractivity contribution in [1.82, 2.24) is 5.32 Å². The monoisotopic (exact) mass is 253 g/mol. The van der Waals surface area contributed by atoms with Crippen LogP contribution in [0.25, 0.3) is 0 Å². The normalized spacial score (nSPS) is 18.7. The summed E-state index contributed by atoms with van der Waals surface area (Å²) >= 11 is 0. The number of halogens is 2. The lowest BCUT2D eigenvalue weighted by molar-refractivity contribution is 0.281. The molecule has 1 atom stereocenters. The minimum Gasteiger partial charge on any atom is -0.313 e. The fraction of sp³-hybridized carbons (Fsp3) is 0.600. The molecule has 1 nitrogen and oxygen atoms in total. The van der Waals surface area contributed by atoms with Crippen molar-refractivity contribution in [2.75, 3.05) is 6.54 Å². The highest BCUT2D eigenvalue weighted by atomic mass is 19.1. The molecule has 0 heterocycles. The SMILES string of the molecule is CCC(C)(CNC1CC1)Cc1c(F)cccc1F. The molecule has 0 bridgehead atoms. The molecule has 0 aliphatic heterocycles. The van der Waals surface area contributed by atoms with E-state index >= 15 is 0 Å². The van der Waals surface area contributed by atoms with Crippen molar-refractivity contribution < 1.29 is 8.78 Å². The van der Waals surface area contributed by atoms with E-state index in [0.29, 0.717) is 12.5 Å². The number of nitrogens with one attached hydrogen (secondary N) is 1. The lowest BCUT2D eigenvalue weighted by Gasteiger charge is -2.29. The van der Waals surface area contributed by atoms with Gasteiger partial charge in [-0.05, 0) is 43.2 Å². The Morgan fingerprint density at radius 1 is 1.28 bits per heavy atom. The highest BCUT2D eigenvalue weighted by molar-refractivity contribution is 5.21. The Labute approximate surface area is 108 Å². The molecule has 18 heavy (non-hydrogen) atoms. The van der Waals surface area contributed by atoms with Crippen LogP contribution in [0.2, 0.25) is 0 Å². The predicted molar refractivity (Wildman–Crippen MR) is 69.5 cm³/mol. The van der Waals surface area contributed by atoms with Gasteiger partial charge in [0, 0.05) is 18.2 Å². The molecule has 0 amide bonds. The summed E-state index contributed by atoms with van der Waals surface area (Å²) in [5, 5.41) is 3.46. The molecule has 100 valence electrons. The lowest BCUT2D eigenvalue weighted by Crippen LogP contribution is -2.34. The number of hydrogen-bond donors (Lipinski definition) is 1. The fourth-order valence-corrected chi connectivity index (χ4v) is 2.12. The van der Waals surface area contributed by atoms with Gasteiger partial charge >= 0.3 is 0 Å². The van der Waals surface area contributed by atoms with Gasteiger partial charge < -0.3 is 5.32 Å². The highest BCUT2D eigenvalue weighted by Crippen LogP contribution is 2.30. The Kier molecular flexibility index (Phi) is 4.00. The molecule has 2 rings (SSSR count). The molecule has 1 aromatic carbocycles. The zero-order chi connectivity index (χ0) is 13.2. The molecular formula is C15H21F2N. The Morgan fingerprint density at radius 2 is 1.89 bits per heavy atom. The van der Waals surface area contributed by atoms with Crippen molar-refractivity contribution in [3.8, 4) is 0 Å². The van der Waals surface area contributed by atoms with Crippen LogP contribution in [0.5, 0.6) is 0 Å². The smallest absolute Gasteiger partial charge is 0.129 e. The van der Waals surface area contributed by atoms with Crippen molar-refractivity contribution in [3.63, 3.8) is 0 Å². The molecule has 1 aliphatic rings. The Morgan fingerprint density at radius 3 is 2.39 bits per heavy atom. The van der Waals surface area contributed by atoms with Crippen molar-refractivity contribution in [3.05, 3.63) is 35.4 Å². The Hall–Kier alpha value is -0.960. The van der Waals surface area contributed by atoms with E-state index < -0.39 is 11.6 Å². The van der Waals surface area contributed by atoms with Gasteiger partial charge in [-0.25, -0.2) is 8.78 Å². The fourth-order valence-electron chi connectivity index (χ4n) is 2.12. The van der Waals surface area contributed by atoms with Gasteiger partial charge in [0.15, 0.2) is 0 Å². The average molecular weight is 253 g/mol. The molecule has 3 heteroatoms. The van der Waals surface area contributed by atoms with E-state index in [2.05, 4.69) is 19.2 Å². The Balaban J connectivity index is 2.07. The third-order valence-electron chi connectivity index (χ3n) is 3.91. The van der Waals surface area contributed by atoms with Crippen LogP contribution < -0.4 is 5.32 Å². The summed E-state index contributed by atoms with van der Waals surface area (Å²) in [5.74, 6) is -0.859. The van der Waals surface area contributed by atoms with Crippen LogP contribution in [0.1, 0.15) is 38.7 Å². The summed E-state index contributed by atoms with van der Waals surface area (Å²) in [6.07, 6.45) is 3.81. The van der Waals surface area contributed by atoms with E-state index in [-0.39, 0.29) is 11.0 Å². The minimum absolute atomic E-state index is 0.0916. The standard InChI is InChI=1S/C15H21F2N/c1-3-15(2,10-18-11-7-8-11)9-12-13(16)5-4-6-14(12)17/h4-6,11,18H,3,7-10H2,1-2H3. The average Bonchev–Trinajstić information content (AvgIpc) is 3.16. The molecule has 1 saturated carbocycles. The number of rotatable bonds is 6. The second-order valence-corrected chi connectivity index (χ2v) is 5.70. The summed E-state index contributed by atoms with van der Waals surface area (Å²) in [5.41, 5.74) is 0.130. The maximum absolute atomic E-state index is 13.7. The third-order valence-corrected chi connectivity index (χ3v) is 3.91. The first-order valence-electron chi connectivity index (χ1n) is 6.70. The second-order valence-electron chi connectivity index (χ2n) is 5.70. The van der Waals surface area contributed by atoms with Crippen molar-refractivity contribution in [2.24, 2.45) is 5.41 Å². The summed E-state index contributed by atoms with van der Waals surface area (Å²) in [7, 11) is 0. The maximum atomic E-state index is 13.7. The molecule has 1 N–H and O–H groups in total. The summed E-state index contributed by atoms with van der Waals surface area (Å²) < 4.78 is 27.3. The van der Waals surface area contributed by atoms with Crippen molar-refractivity contribution in [2.45, 2.75) is 45.6 Å². The van der Waals surface area contributed by atoms with Gasteiger partial charge in [-0.1, -0.05) is 19.9 Å². The zero-order valence-electron chi connectivity index (χ0n) is 11.1. The van der Waals surface area contributed by atoms with Gasteiger partial charge in [-0.15, -0.1) is 0 Å².